The van der Waals surface area contributed by atoms with Crippen molar-refractivity contribution in [1.82, 2.24) is 10.2 Å². The van der Waals surface area contributed by atoms with Crippen LogP contribution in [0.15, 0.2) is 24.3 Å². The second kappa shape index (κ2) is 7.16. The minimum Gasteiger partial charge on any atom is -0.339 e. The Morgan fingerprint density at radius 1 is 1.04 bits per heavy atom. The topological polar surface area (TPSA) is 61.4 Å². The summed E-state index contributed by atoms with van der Waals surface area (Å²) in [5.41, 5.74) is 1.37. The fraction of sp³-hybridized carbons (Fsp3) is 0.600. The van der Waals surface area contributed by atoms with Crippen LogP contribution in [0.4, 0.5) is 5.69 Å². The molecule has 25 heavy (non-hydrogen) atoms. The summed E-state index contributed by atoms with van der Waals surface area (Å²) in [6.07, 6.45) is 7.96. The fourth-order valence-electron chi connectivity index (χ4n) is 4.09. The Morgan fingerprint density at radius 2 is 1.84 bits per heavy atom. The molecule has 5 heteroatoms. The Hall–Kier alpha value is -1.88. The lowest BCUT2D eigenvalue weighted by atomic mass is 10.1. The van der Waals surface area contributed by atoms with Crippen LogP contribution < -0.4 is 10.6 Å². The summed E-state index contributed by atoms with van der Waals surface area (Å²) in [5, 5.41) is 6.46. The Labute approximate surface area is 149 Å². The van der Waals surface area contributed by atoms with Crippen molar-refractivity contribution in [3.8, 4) is 0 Å². The fourth-order valence-corrected chi connectivity index (χ4v) is 4.09. The van der Waals surface area contributed by atoms with E-state index in [2.05, 4.69) is 10.6 Å². The zero-order chi connectivity index (χ0) is 17.2. The van der Waals surface area contributed by atoms with Crippen molar-refractivity contribution in [2.45, 2.75) is 57.0 Å². The van der Waals surface area contributed by atoms with Gasteiger partial charge in [0.25, 0.3) is 5.91 Å². The number of rotatable bonds is 4. The molecule has 2 heterocycles. The molecule has 3 aliphatic rings. The SMILES string of the molecule is O=C(Nc1cccc(C(=O)N2CCCCC2)c1)C1CCC(C2CC2)N1. The second-order valence-corrected chi connectivity index (χ2v) is 7.66. The molecule has 2 unspecified atom stereocenters. The van der Waals surface area contributed by atoms with Crippen LogP contribution in [0.5, 0.6) is 0 Å². The standard InChI is InChI=1S/C20H27N3O2/c24-19(18-10-9-17(22-18)14-7-8-14)21-16-6-4-5-15(13-16)20(25)23-11-2-1-3-12-23/h4-6,13-14,17-18,22H,1-3,7-12H2,(H,21,24). The molecule has 1 aromatic rings. The van der Waals surface area contributed by atoms with E-state index in [0.717, 1.165) is 44.7 Å². The van der Waals surface area contributed by atoms with E-state index in [1.54, 1.807) is 0 Å². The van der Waals surface area contributed by atoms with Gasteiger partial charge in [0.05, 0.1) is 6.04 Å². The number of hydrogen-bond acceptors (Lipinski definition) is 3. The zero-order valence-electron chi connectivity index (χ0n) is 14.7. The highest BCUT2D eigenvalue weighted by Gasteiger charge is 2.38. The number of anilines is 1. The third-order valence-corrected chi connectivity index (χ3v) is 5.71. The third kappa shape index (κ3) is 3.87. The van der Waals surface area contributed by atoms with E-state index < -0.39 is 0 Å². The van der Waals surface area contributed by atoms with Crippen LogP contribution >= 0.6 is 0 Å². The molecule has 0 aromatic heterocycles. The number of nitrogens with zero attached hydrogens (tertiary/aromatic N) is 1. The molecular formula is C20H27N3O2. The molecule has 1 aliphatic carbocycles. The summed E-state index contributed by atoms with van der Waals surface area (Å²) in [5.74, 6) is 0.873. The molecule has 0 spiro atoms. The number of nitrogens with one attached hydrogen (secondary N) is 2. The lowest BCUT2D eigenvalue weighted by Gasteiger charge is -2.26. The first kappa shape index (κ1) is 16.6. The molecular weight excluding hydrogens is 314 g/mol. The van der Waals surface area contributed by atoms with E-state index in [1.807, 2.05) is 29.2 Å². The predicted molar refractivity (Wildman–Crippen MR) is 97.5 cm³/mol. The van der Waals surface area contributed by atoms with Crippen molar-refractivity contribution >= 4 is 17.5 Å². The Bertz CT molecular complexity index is 650. The van der Waals surface area contributed by atoms with Gasteiger partial charge in [0.1, 0.15) is 0 Å². The van der Waals surface area contributed by atoms with Crippen LogP contribution in [0.25, 0.3) is 0 Å². The lowest BCUT2D eigenvalue weighted by Crippen LogP contribution is -2.39. The molecule has 0 radical (unpaired) electrons. The molecule has 2 saturated heterocycles. The van der Waals surface area contributed by atoms with Crippen molar-refractivity contribution in [1.29, 1.82) is 0 Å². The van der Waals surface area contributed by atoms with Gasteiger partial charge in [0, 0.05) is 30.4 Å². The maximum Gasteiger partial charge on any atom is 0.253 e. The van der Waals surface area contributed by atoms with Gasteiger partial charge in [0.2, 0.25) is 5.91 Å². The van der Waals surface area contributed by atoms with Gasteiger partial charge < -0.3 is 15.5 Å². The number of piperidine rings is 1. The monoisotopic (exact) mass is 341 g/mol. The summed E-state index contributed by atoms with van der Waals surface area (Å²) >= 11 is 0. The highest BCUT2D eigenvalue weighted by molar-refractivity contribution is 5.98. The molecule has 2 N–H and O–H groups in total. The van der Waals surface area contributed by atoms with Gasteiger partial charge in [-0.25, -0.2) is 0 Å². The van der Waals surface area contributed by atoms with Crippen molar-refractivity contribution in [2.75, 3.05) is 18.4 Å². The molecule has 4 rings (SSSR count). The Morgan fingerprint density at radius 3 is 2.60 bits per heavy atom. The maximum atomic E-state index is 12.6. The highest BCUT2D eigenvalue weighted by Crippen LogP contribution is 2.37. The minimum atomic E-state index is -0.105. The summed E-state index contributed by atoms with van der Waals surface area (Å²) in [4.78, 5) is 27.1. The molecule has 3 fully saturated rings. The molecule has 1 saturated carbocycles. The van der Waals surface area contributed by atoms with Crippen LogP contribution in [-0.2, 0) is 4.79 Å². The number of benzene rings is 1. The average molecular weight is 341 g/mol. The second-order valence-electron chi connectivity index (χ2n) is 7.66. The third-order valence-electron chi connectivity index (χ3n) is 5.71. The molecule has 2 amide bonds. The highest BCUT2D eigenvalue weighted by atomic mass is 16.2. The van der Waals surface area contributed by atoms with E-state index in [0.29, 0.717) is 17.3 Å². The van der Waals surface area contributed by atoms with Gasteiger partial charge in [-0.1, -0.05) is 6.07 Å². The van der Waals surface area contributed by atoms with Gasteiger partial charge in [-0.3, -0.25) is 9.59 Å². The van der Waals surface area contributed by atoms with Crippen LogP contribution in [0, 0.1) is 5.92 Å². The van der Waals surface area contributed by atoms with Crippen LogP contribution in [0.1, 0.15) is 55.3 Å². The largest absolute Gasteiger partial charge is 0.339 e. The van der Waals surface area contributed by atoms with Gasteiger partial charge in [-0.15, -0.1) is 0 Å². The van der Waals surface area contributed by atoms with E-state index in [4.69, 9.17) is 0 Å². The summed E-state index contributed by atoms with van der Waals surface area (Å²) in [6, 6.07) is 7.76. The molecule has 2 atom stereocenters. The average Bonchev–Trinajstić information content (AvgIpc) is 3.38. The van der Waals surface area contributed by atoms with Crippen molar-refractivity contribution in [2.24, 2.45) is 5.92 Å². The Kier molecular flexibility index (Phi) is 4.75. The Balaban J connectivity index is 1.37. The number of amides is 2. The van der Waals surface area contributed by atoms with Crippen LogP contribution in [-0.4, -0.2) is 41.9 Å². The first-order valence-corrected chi connectivity index (χ1v) is 9.67. The molecule has 2 aliphatic heterocycles. The van der Waals surface area contributed by atoms with Gasteiger partial charge >= 0.3 is 0 Å². The molecule has 134 valence electrons. The van der Waals surface area contributed by atoms with E-state index >= 15 is 0 Å². The van der Waals surface area contributed by atoms with Gasteiger partial charge in [-0.2, -0.15) is 0 Å². The van der Waals surface area contributed by atoms with Crippen molar-refractivity contribution < 1.29 is 9.59 Å². The number of likely N-dealkylation sites (tertiary alicyclic amines) is 1. The van der Waals surface area contributed by atoms with Crippen molar-refractivity contribution in [3.63, 3.8) is 0 Å². The first-order chi connectivity index (χ1) is 12.2. The van der Waals surface area contributed by atoms with Crippen molar-refractivity contribution in [3.05, 3.63) is 29.8 Å². The molecule has 5 nitrogen and oxygen atoms in total. The zero-order valence-corrected chi connectivity index (χ0v) is 14.7. The number of carbonyl (C=O) groups is 2. The number of carbonyl (C=O) groups excluding carboxylic acids is 2. The molecule has 0 bridgehead atoms. The summed E-state index contributed by atoms with van der Waals surface area (Å²) < 4.78 is 0. The number of hydrogen-bond donors (Lipinski definition) is 2. The first-order valence-electron chi connectivity index (χ1n) is 9.67. The van der Waals surface area contributed by atoms with Crippen LogP contribution in [0.3, 0.4) is 0 Å². The van der Waals surface area contributed by atoms with E-state index in [1.165, 1.54) is 19.3 Å². The van der Waals surface area contributed by atoms with Gasteiger partial charge in [0.15, 0.2) is 0 Å². The summed E-state index contributed by atoms with van der Waals surface area (Å²) in [6.45, 7) is 1.67. The molecule has 1 aromatic carbocycles. The predicted octanol–water partition coefficient (Wildman–Crippen LogP) is 2.78. The van der Waals surface area contributed by atoms with E-state index in [9.17, 15) is 9.59 Å². The lowest BCUT2D eigenvalue weighted by molar-refractivity contribution is -0.117. The maximum absolute atomic E-state index is 12.6. The smallest absolute Gasteiger partial charge is 0.253 e. The van der Waals surface area contributed by atoms with Crippen LogP contribution in [0.2, 0.25) is 0 Å². The quantitative estimate of drug-likeness (QED) is 0.885. The van der Waals surface area contributed by atoms with E-state index in [-0.39, 0.29) is 17.9 Å². The normalized spacial score (nSPS) is 26.5. The minimum absolute atomic E-state index is 0.0192. The van der Waals surface area contributed by atoms with Gasteiger partial charge in [-0.05, 0) is 69.1 Å². The summed E-state index contributed by atoms with van der Waals surface area (Å²) in [7, 11) is 0.